The molecule has 2 fully saturated rings. The first-order valence-corrected chi connectivity index (χ1v) is 11.8. The summed E-state index contributed by atoms with van der Waals surface area (Å²) in [6.45, 7) is 3.61. The molecule has 168 valence electrons. The molecule has 0 radical (unpaired) electrons. The number of hydrogen-bond donors (Lipinski definition) is 5. The first kappa shape index (κ1) is 23.6. The van der Waals surface area contributed by atoms with E-state index in [1.165, 1.54) is 11.8 Å². The fourth-order valence-corrected chi connectivity index (χ4v) is 4.77. The molecule has 10 heteroatoms. The first-order chi connectivity index (χ1) is 14.3. The van der Waals surface area contributed by atoms with Gasteiger partial charge in [0.2, 0.25) is 5.91 Å². The Bertz CT molecular complexity index is 698. The van der Waals surface area contributed by atoms with Gasteiger partial charge in [-0.15, -0.1) is 23.4 Å². The molecule has 0 saturated carbocycles. The van der Waals surface area contributed by atoms with Gasteiger partial charge >= 0.3 is 0 Å². The number of halogens is 1. The third-order valence-electron chi connectivity index (χ3n) is 5.61. The minimum absolute atomic E-state index is 0.259. The van der Waals surface area contributed by atoms with Crippen molar-refractivity contribution < 1.29 is 24.9 Å². The van der Waals surface area contributed by atoms with E-state index in [2.05, 4.69) is 15.5 Å². The predicted octanol–water partition coefficient (Wildman–Crippen LogP) is -0.252. The average molecular weight is 460 g/mol. The van der Waals surface area contributed by atoms with Crippen LogP contribution in [-0.2, 0) is 9.53 Å². The normalized spacial score (nSPS) is 34.3. The van der Waals surface area contributed by atoms with Gasteiger partial charge in [0.25, 0.3) is 0 Å². The molecule has 0 aliphatic carbocycles. The molecule has 5 N–H and O–H groups in total. The van der Waals surface area contributed by atoms with E-state index in [1.807, 2.05) is 30.3 Å². The lowest BCUT2D eigenvalue weighted by Gasteiger charge is -2.44. The molecule has 1 amide bonds. The average Bonchev–Trinajstić information content (AvgIpc) is 2.77. The molecule has 2 unspecified atom stereocenters. The van der Waals surface area contributed by atoms with Crippen molar-refractivity contribution in [1.82, 2.24) is 10.6 Å². The van der Waals surface area contributed by atoms with E-state index in [1.54, 1.807) is 13.2 Å². The lowest BCUT2D eigenvalue weighted by Crippen LogP contribution is -2.66. The number of benzene rings is 1. The van der Waals surface area contributed by atoms with Gasteiger partial charge in [-0.3, -0.25) is 4.79 Å². The zero-order valence-corrected chi connectivity index (χ0v) is 18.6. The van der Waals surface area contributed by atoms with Crippen LogP contribution >= 0.6 is 23.4 Å². The fourth-order valence-electron chi connectivity index (χ4n) is 3.89. The Hall–Kier alpha value is -1.07. The molecule has 30 heavy (non-hydrogen) atoms. The molecule has 8 atom stereocenters. The second-order valence-electron chi connectivity index (χ2n) is 7.68. The predicted molar refractivity (Wildman–Crippen MR) is 118 cm³/mol. The lowest BCUT2D eigenvalue weighted by atomic mass is 9.93. The standard InChI is InChI=1S/C20H30ClN3O5S/c1-11(21)14(18-16(26)15(25)17(27)20(29-18)30-2)23-19(28)13-10-24(9-8-22-13)12-6-4-3-5-7-12/h3-7,11,13-18,20,22,25-27H,8-10H2,1-2H3,(H,23,28)/t11-,13?,14?,15-,16+,17+,18+,20+/m0/s1. The number of aliphatic hydroxyl groups is 3. The number of hydrogen-bond acceptors (Lipinski definition) is 8. The van der Waals surface area contributed by atoms with Crippen molar-refractivity contribution in [3.05, 3.63) is 30.3 Å². The molecule has 0 spiro atoms. The van der Waals surface area contributed by atoms with Gasteiger partial charge in [-0.1, -0.05) is 18.2 Å². The van der Waals surface area contributed by atoms with Crippen LogP contribution in [-0.4, -0.2) is 94.4 Å². The molecule has 2 saturated heterocycles. The fraction of sp³-hybridized carbons (Fsp3) is 0.650. The van der Waals surface area contributed by atoms with Gasteiger partial charge in [-0.05, 0) is 25.3 Å². The van der Waals surface area contributed by atoms with Gasteiger partial charge in [0.05, 0.1) is 11.4 Å². The Morgan fingerprint density at radius 1 is 1.27 bits per heavy atom. The van der Waals surface area contributed by atoms with Crippen molar-refractivity contribution in [2.75, 3.05) is 30.8 Å². The maximum atomic E-state index is 13.0. The molecule has 1 aromatic rings. The van der Waals surface area contributed by atoms with Crippen molar-refractivity contribution in [3.8, 4) is 0 Å². The zero-order valence-electron chi connectivity index (χ0n) is 17.0. The topological polar surface area (TPSA) is 114 Å². The van der Waals surface area contributed by atoms with Crippen molar-refractivity contribution in [1.29, 1.82) is 0 Å². The number of nitrogens with zero attached hydrogens (tertiary/aromatic N) is 1. The third-order valence-corrected chi connectivity index (χ3v) is 6.74. The van der Waals surface area contributed by atoms with Crippen LogP contribution in [0.15, 0.2) is 30.3 Å². The summed E-state index contributed by atoms with van der Waals surface area (Å²) in [5, 5.41) is 36.3. The minimum atomic E-state index is -1.39. The van der Waals surface area contributed by atoms with E-state index in [0.717, 1.165) is 12.2 Å². The third kappa shape index (κ3) is 5.21. The van der Waals surface area contributed by atoms with Crippen molar-refractivity contribution in [3.63, 3.8) is 0 Å². The molecule has 2 aliphatic heterocycles. The molecule has 8 nitrogen and oxygen atoms in total. The molecule has 3 rings (SSSR count). The van der Waals surface area contributed by atoms with E-state index in [4.69, 9.17) is 16.3 Å². The number of rotatable bonds is 6. The van der Waals surface area contributed by atoms with E-state index >= 15 is 0 Å². The monoisotopic (exact) mass is 459 g/mol. The van der Waals surface area contributed by atoms with Crippen LogP contribution < -0.4 is 15.5 Å². The van der Waals surface area contributed by atoms with Gasteiger partial charge in [-0.2, -0.15) is 0 Å². The van der Waals surface area contributed by atoms with Gasteiger partial charge < -0.3 is 35.6 Å². The first-order valence-electron chi connectivity index (χ1n) is 10.0. The summed E-state index contributed by atoms with van der Waals surface area (Å²) >= 11 is 7.56. The number of ether oxygens (including phenoxy) is 1. The summed E-state index contributed by atoms with van der Waals surface area (Å²) < 4.78 is 5.81. The van der Waals surface area contributed by atoms with E-state index in [-0.39, 0.29) is 5.91 Å². The molecule has 0 bridgehead atoms. The van der Waals surface area contributed by atoms with Gasteiger partial charge in [0, 0.05) is 25.3 Å². The number of amides is 1. The van der Waals surface area contributed by atoms with Gasteiger partial charge in [0.1, 0.15) is 35.9 Å². The highest BCUT2D eigenvalue weighted by molar-refractivity contribution is 7.99. The number of para-hydroxylation sites is 1. The molecular weight excluding hydrogens is 430 g/mol. The Kier molecular flexibility index (Phi) is 8.25. The number of aliphatic hydroxyl groups excluding tert-OH is 3. The van der Waals surface area contributed by atoms with Crippen LogP contribution in [0.3, 0.4) is 0 Å². The number of alkyl halides is 1. The summed E-state index contributed by atoms with van der Waals surface area (Å²) in [5.41, 5.74) is 0.314. The van der Waals surface area contributed by atoms with E-state index in [9.17, 15) is 20.1 Å². The summed E-state index contributed by atoms with van der Waals surface area (Å²) in [5.74, 6) is -0.259. The highest BCUT2D eigenvalue weighted by Crippen LogP contribution is 2.30. The number of nitrogens with one attached hydrogen (secondary N) is 2. The lowest BCUT2D eigenvalue weighted by molar-refractivity contribution is -0.205. The van der Waals surface area contributed by atoms with Crippen LogP contribution in [0.2, 0.25) is 0 Å². The summed E-state index contributed by atoms with van der Waals surface area (Å²) in [6.07, 6.45) is -3.22. The number of anilines is 1. The summed E-state index contributed by atoms with van der Waals surface area (Å²) in [4.78, 5) is 15.2. The zero-order chi connectivity index (χ0) is 21.8. The number of carbonyl (C=O) groups is 1. The molecule has 0 aromatic heterocycles. The van der Waals surface area contributed by atoms with E-state index < -0.39 is 47.3 Å². The second-order valence-corrected chi connectivity index (χ2v) is 9.30. The second kappa shape index (κ2) is 10.5. The summed E-state index contributed by atoms with van der Waals surface area (Å²) in [6, 6.07) is 8.66. The SMILES string of the molecule is CS[C@H]1O[C@H](C(NC(=O)C2CN(c3ccccc3)CCN2)[C@H](C)Cl)[C@H](O)[C@H](O)[C@H]1O. The van der Waals surface area contributed by atoms with Crippen LogP contribution in [0.25, 0.3) is 0 Å². The van der Waals surface area contributed by atoms with E-state index in [0.29, 0.717) is 13.1 Å². The Morgan fingerprint density at radius 3 is 2.60 bits per heavy atom. The van der Waals surface area contributed by atoms with Gasteiger partial charge in [-0.25, -0.2) is 0 Å². The molecular formula is C20H30ClN3O5S. The van der Waals surface area contributed by atoms with Crippen molar-refractivity contribution >= 4 is 35.0 Å². The van der Waals surface area contributed by atoms with Crippen LogP contribution in [0, 0.1) is 0 Å². The highest BCUT2D eigenvalue weighted by atomic mass is 35.5. The Balaban J connectivity index is 1.69. The number of thioether (sulfide) groups is 1. The van der Waals surface area contributed by atoms with Crippen molar-refractivity contribution in [2.24, 2.45) is 0 Å². The van der Waals surface area contributed by atoms with Crippen LogP contribution in [0.4, 0.5) is 5.69 Å². The van der Waals surface area contributed by atoms with Crippen LogP contribution in [0.1, 0.15) is 6.92 Å². The Morgan fingerprint density at radius 2 is 1.97 bits per heavy atom. The maximum absolute atomic E-state index is 13.0. The largest absolute Gasteiger partial charge is 0.388 e. The smallest absolute Gasteiger partial charge is 0.239 e. The van der Waals surface area contributed by atoms with Crippen molar-refractivity contribution in [2.45, 2.75) is 54.2 Å². The molecule has 2 heterocycles. The molecule has 1 aromatic carbocycles. The number of piperazine rings is 1. The number of carbonyl (C=O) groups excluding carboxylic acids is 1. The molecule has 2 aliphatic rings. The van der Waals surface area contributed by atoms with Crippen LogP contribution in [0.5, 0.6) is 0 Å². The minimum Gasteiger partial charge on any atom is -0.388 e. The van der Waals surface area contributed by atoms with Gasteiger partial charge in [0.15, 0.2) is 0 Å². The highest BCUT2D eigenvalue weighted by Gasteiger charge is 2.48. The Labute approximate surface area is 185 Å². The summed E-state index contributed by atoms with van der Waals surface area (Å²) in [7, 11) is 0. The maximum Gasteiger partial charge on any atom is 0.239 e. The quantitative estimate of drug-likeness (QED) is 0.370.